The molecule has 0 bridgehead atoms. The van der Waals surface area contributed by atoms with E-state index in [1.807, 2.05) is 19.1 Å². The quantitative estimate of drug-likeness (QED) is 0.765. The van der Waals surface area contributed by atoms with Crippen LogP contribution in [0.4, 0.5) is 8.78 Å². The highest BCUT2D eigenvalue weighted by atomic mass is 19.3. The van der Waals surface area contributed by atoms with E-state index < -0.39 is 6.43 Å². The third kappa shape index (κ3) is 2.28. The van der Waals surface area contributed by atoms with Crippen molar-refractivity contribution in [1.82, 2.24) is 9.78 Å². The highest BCUT2D eigenvalue weighted by Gasteiger charge is 2.13. The molecule has 0 amide bonds. The molecular formula is C12H15F2N3. The molecule has 0 saturated heterocycles. The van der Waals surface area contributed by atoms with E-state index >= 15 is 0 Å². The molecule has 0 aromatic carbocycles. The summed E-state index contributed by atoms with van der Waals surface area (Å²) in [5.74, 6) is 0. The molecule has 0 saturated carbocycles. The Morgan fingerprint density at radius 2 is 2.29 bits per heavy atom. The van der Waals surface area contributed by atoms with Crippen molar-refractivity contribution in [3.05, 3.63) is 16.3 Å². The third-order valence-corrected chi connectivity index (χ3v) is 2.85. The summed E-state index contributed by atoms with van der Waals surface area (Å²) in [6.45, 7) is 1.63. The van der Waals surface area contributed by atoms with Crippen molar-refractivity contribution in [1.29, 1.82) is 0 Å². The van der Waals surface area contributed by atoms with E-state index in [4.69, 9.17) is 0 Å². The zero-order chi connectivity index (χ0) is 12.4. The molecule has 1 aliphatic rings. The molecule has 2 rings (SSSR count). The van der Waals surface area contributed by atoms with E-state index in [0.717, 1.165) is 28.4 Å². The normalized spacial score (nSPS) is 16.9. The lowest BCUT2D eigenvalue weighted by atomic mass is 10.1. The van der Waals surface area contributed by atoms with E-state index in [1.165, 1.54) is 4.68 Å². The molecule has 0 radical (unpaired) electrons. The lowest BCUT2D eigenvalue weighted by molar-refractivity contribution is 0.120. The maximum absolute atomic E-state index is 12.4. The van der Waals surface area contributed by atoms with Crippen LogP contribution in [0, 0.1) is 0 Å². The van der Waals surface area contributed by atoms with E-state index in [1.54, 1.807) is 7.05 Å². The van der Waals surface area contributed by atoms with E-state index in [9.17, 15) is 8.78 Å². The molecule has 1 aliphatic carbocycles. The van der Waals surface area contributed by atoms with Crippen LogP contribution in [0.2, 0.25) is 0 Å². The second kappa shape index (κ2) is 4.77. The molecule has 0 spiro atoms. The van der Waals surface area contributed by atoms with Gasteiger partial charge in [0.05, 0.1) is 11.0 Å². The number of halogens is 2. The molecule has 3 nitrogen and oxygen atoms in total. The van der Waals surface area contributed by atoms with Crippen molar-refractivity contribution >= 4 is 17.9 Å². The Bertz CT molecular complexity index is 555. The van der Waals surface area contributed by atoms with Gasteiger partial charge >= 0.3 is 0 Å². The van der Waals surface area contributed by atoms with Crippen molar-refractivity contribution in [2.75, 3.05) is 7.05 Å². The zero-order valence-electron chi connectivity index (χ0n) is 9.95. The second-order valence-electron chi connectivity index (χ2n) is 3.94. The summed E-state index contributed by atoms with van der Waals surface area (Å²) in [6.07, 6.45) is 2.91. The van der Waals surface area contributed by atoms with E-state index in [0.29, 0.717) is 6.42 Å². The Kier molecular flexibility index (Phi) is 3.36. The number of nitrogens with zero attached hydrogens (tertiary/aromatic N) is 3. The molecule has 0 fully saturated rings. The van der Waals surface area contributed by atoms with E-state index in [-0.39, 0.29) is 6.54 Å². The second-order valence-corrected chi connectivity index (χ2v) is 3.94. The van der Waals surface area contributed by atoms with Gasteiger partial charge in [-0.3, -0.25) is 9.67 Å². The Labute approximate surface area is 98.2 Å². The largest absolute Gasteiger partial charge is 0.293 e. The summed E-state index contributed by atoms with van der Waals surface area (Å²) in [4.78, 5) is 4.14. The molecule has 0 unspecified atom stereocenters. The molecule has 5 heteroatoms. The number of rotatable bonds is 3. The molecule has 1 heterocycles. The fraction of sp³-hybridized carbons (Fsp3) is 0.500. The molecule has 0 atom stereocenters. The lowest BCUT2D eigenvalue weighted by Crippen LogP contribution is -2.35. The average molecular weight is 239 g/mol. The molecule has 0 aliphatic heterocycles. The van der Waals surface area contributed by atoms with Crippen LogP contribution in [0.1, 0.15) is 19.0 Å². The van der Waals surface area contributed by atoms with Crippen molar-refractivity contribution in [3.8, 4) is 0 Å². The third-order valence-electron chi connectivity index (χ3n) is 2.85. The van der Waals surface area contributed by atoms with Crippen molar-refractivity contribution in [2.24, 2.45) is 4.99 Å². The van der Waals surface area contributed by atoms with Gasteiger partial charge in [0.25, 0.3) is 6.43 Å². The predicted molar refractivity (Wildman–Crippen MR) is 63.8 cm³/mol. The Morgan fingerprint density at radius 3 is 2.88 bits per heavy atom. The topological polar surface area (TPSA) is 30.2 Å². The van der Waals surface area contributed by atoms with Crippen LogP contribution in [0.25, 0.3) is 12.2 Å². The van der Waals surface area contributed by atoms with Gasteiger partial charge in [-0.1, -0.05) is 13.0 Å². The van der Waals surface area contributed by atoms with Gasteiger partial charge in [0, 0.05) is 24.4 Å². The highest BCUT2D eigenvalue weighted by molar-refractivity contribution is 6.13. The molecular weight excluding hydrogens is 224 g/mol. The van der Waals surface area contributed by atoms with Gasteiger partial charge in [0.1, 0.15) is 6.54 Å². The van der Waals surface area contributed by atoms with Gasteiger partial charge in [0.15, 0.2) is 0 Å². The van der Waals surface area contributed by atoms with Gasteiger partial charge in [0.2, 0.25) is 0 Å². The van der Waals surface area contributed by atoms with Crippen LogP contribution >= 0.6 is 0 Å². The van der Waals surface area contributed by atoms with Crippen LogP contribution in [0.3, 0.4) is 0 Å². The summed E-state index contributed by atoms with van der Waals surface area (Å²) in [6, 6.07) is 0. The van der Waals surface area contributed by atoms with Gasteiger partial charge in [-0.15, -0.1) is 0 Å². The summed E-state index contributed by atoms with van der Waals surface area (Å²) in [7, 11) is 1.74. The van der Waals surface area contributed by atoms with Crippen LogP contribution in [0.15, 0.2) is 4.99 Å². The summed E-state index contributed by atoms with van der Waals surface area (Å²) < 4.78 is 26.3. The minimum atomic E-state index is -2.38. The first-order valence-electron chi connectivity index (χ1n) is 5.67. The number of fused-ring (bicyclic) bond motifs is 1. The number of aromatic nitrogens is 2. The first-order valence-corrected chi connectivity index (χ1v) is 5.67. The molecule has 17 heavy (non-hydrogen) atoms. The van der Waals surface area contributed by atoms with Gasteiger partial charge in [-0.05, 0) is 12.5 Å². The number of aryl methyl sites for hydroxylation is 1. The maximum Gasteiger partial charge on any atom is 0.257 e. The monoisotopic (exact) mass is 239 g/mol. The number of alkyl halides is 2. The minimum absolute atomic E-state index is 0.342. The molecule has 1 aromatic rings. The van der Waals surface area contributed by atoms with Crippen molar-refractivity contribution < 1.29 is 8.78 Å². The smallest absolute Gasteiger partial charge is 0.257 e. The van der Waals surface area contributed by atoms with Crippen LogP contribution < -0.4 is 10.6 Å². The molecule has 0 N–H and O–H groups in total. The standard InChI is InChI=1S/C12H15F2N3/c1-3-10-9-6-8(15-2)4-5-11(9)17(16-10)7-12(13)14/h5-6,12H,3-4,7H2,1-2H3. The summed E-state index contributed by atoms with van der Waals surface area (Å²) in [5.41, 5.74) is 1.82. The highest BCUT2D eigenvalue weighted by Crippen LogP contribution is 1.99. The van der Waals surface area contributed by atoms with Crippen molar-refractivity contribution in [3.63, 3.8) is 0 Å². The fourth-order valence-electron chi connectivity index (χ4n) is 2.03. The fourth-order valence-corrected chi connectivity index (χ4v) is 2.03. The van der Waals surface area contributed by atoms with Gasteiger partial charge in [-0.2, -0.15) is 5.10 Å². The Morgan fingerprint density at radius 1 is 1.53 bits per heavy atom. The summed E-state index contributed by atoms with van der Waals surface area (Å²) >= 11 is 0. The van der Waals surface area contributed by atoms with Gasteiger partial charge in [-0.25, -0.2) is 8.78 Å². The van der Waals surface area contributed by atoms with Crippen molar-refractivity contribution in [2.45, 2.75) is 32.7 Å². The predicted octanol–water partition coefficient (Wildman–Crippen LogP) is 0.746. The van der Waals surface area contributed by atoms with Crippen LogP contribution in [-0.4, -0.2) is 29.0 Å². The minimum Gasteiger partial charge on any atom is -0.293 e. The average Bonchev–Trinajstić information content (AvgIpc) is 2.66. The Hall–Kier alpha value is -1.52. The number of aliphatic imine (C=N–C) groups is 1. The maximum atomic E-state index is 12.4. The first-order chi connectivity index (χ1) is 8.15. The molecule has 1 aromatic heterocycles. The van der Waals surface area contributed by atoms with E-state index in [2.05, 4.69) is 10.1 Å². The Balaban J connectivity index is 2.59. The molecule has 92 valence electrons. The number of hydrogen-bond donors (Lipinski definition) is 0. The van der Waals surface area contributed by atoms with Gasteiger partial charge < -0.3 is 0 Å². The SMILES string of the molecule is CCc1nn(CC(F)F)c2c1=CC(=NC)CC=2. The zero-order valence-corrected chi connectivity index (χ0v) is 9.95. The summed E-state index contributed by atoms with van der Waals surface area (Å²) in [5, 5.41) is 5.98. The number of hydrogen-bond acceptors (Lipinski definition) is 2. The van der Waals surface area contributed by atoms with Crippen LogP contribution in [0.5, 0.6) is 0 Å². The first kappa shape index (κ1) is 12.0. The lowest BCUT2D eigenvalue weighted by Gasteiger charge is -2.03. The van der Waals surface area contributed by atoms with Crippen LogP contribution in [-0.2, 0) is 13.0 Å².